The monoisotopic (exact) mass is 261 g/mol. The minimum absolute atomic E-state index is 0.0634. The third-order valence-electron chi connectivity index (χ3n) is 2.21. The molecule has 5 nitrogen and oxygen atoms in total. The van der Waals surface area contributed by atoms with Crippen molar-refractivity contribution in [3.8, 4) is 0 Å². The van der Waals surface area contributed by atoms with Crippen molar-refractivity contribution in [3.63, 3.8) is 0 Å². The molecule has 2 rings (SSSR count). The molecule has 0 aliphatic carbocycles. The molecule has 0 saturated heterocycles. The van der Waals surface area contributed by atoms with Gasteiger partial charge in [-0.05, 0) is 5.56 Å². The number of carboxylic acid groups (broad SMARTS) is 1. The number of nitrogen functional groups attached to an aromatic ring is 1. The van der Waals surface area contributed by atoms with Gasteiger partial charge in [0.15, 0.2) is 11.5 Å². The van der Waals surface area contributed by atoms with E-state index in [2.05, 4.69) is 9.97 Å². The average Bonchev–Trinajstić information content (AvgIpc) is 2.38. The van der Waals surface area contributed by atoms with Crippen molar-refractivity contribution in [1.29, 1.82) is 0 Å². The lowest BCUT2D eigenvalue weighted by atomic mass is 10.2. The molecular formula is C12H11N3O2S. The fourth-order valence-corrected chi connectivity index (χ4v) is 2.13. The quantitative estimate of drug-likeness (QED) is 0.819. The maximum atomic E-state index is 10.9. The molecule has 0 aliphatic heterocycles. The molecule has 0 radical (unpaired) electrons. The fourth-order valence-electron chi connectivity index (χ4n) is 1.34. The van der Waals surface area contributed by atoms with Crippen LogP contribution < -0.4 is 5.73 Å². The Hall–Kier alpha value is -2.08. The standard InChI is InChI=1S/C12H11N3O2S/c13-11-10(12(16)17)15-9(6-14-11)18-7-8-4-2-1-3-5-8/h1-6H,7H2,(H2,13,14)(H,16,17). The number of carboxylic acids is 1. The summed E-state index contributed by atoms with van der Waals surface area (Å²) in [5, 5.41) is 9.43. The van der Waals surface area contributed by atoms with Crippen molar-refractivity contribution < 1.29 is 9.90 Å². The molecule has 1 heterocycles. The van der Waals surface area contributed by atoms with Gasteiger partial charge in [-0.25, -0.2) is 14.8 Å². The van der Waals surface area contributed by atoms with Gasteiger partial charge in [-0.15, -0.1) is 11.8 Å². The third-order valence-corrected chi connectivity index (χ3v) is 3.18. The Balaban J connectivity index is 2.11. The van der Waals surface area contributed by atoms with Gasteiger partial charge in [-0.2, -0.15) is 0 Å². The fraction of sp³-hybridized carbons (Fsp3) is 0.0833. The molecule has 3 N–H and O–H groups in total. The topological polar surface area (TPSA) is 89.1 Å². The van der Waals surface area contributed by atoms with Crippen LogP contribution in [0.15, 0.2) is 41.6 Å². The highest BCUT2D eigenvalue weighted by Crippen LogP contribution is 2.21. The lowest BCUT2D eigenvalue weighted by Gasteiger charge is -2.03. The van der Waals surface area contributed by atoms with Gasteiger partial charge in [0.2, 0.25) is 0 Å². The van der Waals surface area contributed by atoms with E-state index in [1.165, 1.54) is 18.0 Å². The Morgan fingerprint density at radius 2 is 2.06 bits per heavy atom. The Bertz CT molecular complexity index is 561. The van der Waals surface area contributed by atoms with Crippen molar-refractivity contribution in [2.75, 3.05) is 5.73 Å². The van der Waals surface area contributed by atoms with Gasteiger partial charge >= 0.3 is 5.97 Å². The first-order chi connectivity index (χ1) is 8.66. The number of aromatic nitrogens is 2. The zero-order chi connectivity index (χ0) is 13.0. The smallest absolute Gasteiger partial charge is 0.358 e. The van der Waals surface area contributed by atoms with E-state index < -0.39 is 5.97 Å². The van der Waals surface area contributed by atoms with E-state index in [1.54, 1.807) is 0 Å². The van der Waals surface area contributed by atoms with Gasteiger partial charge in [0.05, 0.1) is 6.20 Å². The zero-order valence-corrected chi connectivity index (χ0v) is 10.2. The Labute approximate surface area is 108 Å². The van der Waals surface area contributed by atoms with Crippen LogP contribution in [0.25, 0.3) is 0 Å². The molecule has 0 atom stereocenters. The van der Waals surface area contributed by atoms with Crippen LogP contribution in [0.3, 0.4) is 0 Å². The molecule has 6 heteroatoms. The molecule has 1 aromatic carbocycles. The van der Waals surface area contributed by atoms with E-state index in [0.717, 1.165) is 5.56 Å². The first-order valence-corrected chi connectivity index (χ1v) is 6.18. The van der Waals surface area contributed by atoms with Crippen LogP contribution in [0.4, 0.5) is 5.82 Å². The molecule has 0 unspecified atom stereocenters. The first-order valence-electron chi connectivity index (χ1n) is 5.19. The van der Waals surface area contributed by atoms with Gasteiger partial charge in [-0.1, -0.05) is 30.3 Å². The maximum absolute atomic E-state index is 10.9. The number of anilines is 1. The molecule has 92 valence electrons. The summed E-state index contributed by atoms with van der Waals surface area (Å²) in [5.41, 5.74) is 6.37. The molecule has 0 aliphatic rings. The lowest BCUT2D eigenvalue weighted by Crippen LogP contribution is -2.08. The van der Waals surface area contributed by atoms with Crippen molar-refractivity contribution in [2.24, 2.45) is 0 Å². The third kappa shape index (κ3) is 2.98. The molecular weight excluding hydrogens is 250 g/mol. The van der Waals surface area contributed by atoms with Gasteiger partial charge in [0.25, 0.3) is 0 Å². The number of carbonyl (C=O) groups is 1. The second-order valence-electron chi connectivity index (χ2n) is 3.52. The number of benzene rings is 1. The van der Waals surface area contributed by atoms with E-state index in [1.807, 2.05) is 30.3 Å². The van der Waals surface area contributed by atoms with Crippen LogP contribution in [0, 0.1) is 0 Å². The second kappa shape index (κ2) is 5.50. The van der Waals surface area contributed by atoms with Crippen LogP contribution >= 0.6 is 11.8 Å². The summed E-state index contributed by atoms with van der Waals surface area (Å²) in [5.74, 6) is -0.521. The van der Waals surface area contributed by atoms with Gasteiger partial charge in [0, 0.05) is 5.75 Å². The van der Waals surface area contributed by atoms with Gasteiger partial charge < -0.3 is 10.8 Å². The van der Waals surface area contributed by atoms with Gasteiger partial charge in [0.1, 0.15) is 5.03 Å². The Morgan fingerprint density at radius 3 is 2.72 bits per heavy atom. The van der Waals surface area contributed by atoms with E-state index in [-0.39, 0.29) is 11.5 Å². The van der Waals surface area contributed by atoms with Crippen LogP contribution in [-0.2, 0) is 5.75 Å². The first kappa shape index (κ1) is 12.4. The Kier molecular flexibility index (Phi) is 3.78. The highest BCUT2D eigenvalue weighted by molar-refractivity contribution is 7.98. The van der Waals surface area contributed by atoms with Crippen LogP contribution in [-0.4, -0.2) is 21.0 Å². The van der Waals surface area contributed by atoms with Crippen molar-refractivity contribution in [1.82, 2.24) is 9.97 Å². The molecule has 18 heavy (non-hydrogen) atoms. The van der Waals surface area contributed by atoms with E-state index in [9.17, 15) is 4.79 Å². The SMILES string of the molecule is Nc1ncc(SCc2ccccc2)nc1C(=O)O. The second-order valence-corrected chi connectivity index (χ2v) is 4.52. The van der Waals surface area contributed by atoms with E-state index in [0.29, 0.717) is 10.8 Å². The normalized spacial score (nSPS) is 10.2. The molecule has 0 bridgehead atoms. The lowest BCUT2D eigenvalue weighted by molar-refractivity contribution is 0.0690. The minimum atomic E-state index is -1.16. The summed E-state index contributed by atoms with van der Waals surface area (Å²) in [6.45, 7) is 0. The van der Waals surface area contributed by atoms with Crippen LogP contribution in [0.5, 0.6) is 0 Å². The predicted molar refractivity (Wildman–Crippen MR) is 69.4 cm³/mol. The molecule has 2 aromatic rings. The number of nitrogens with two attached hydrogens (primary N) is 1. The summed E-state index contributed by atoms with van der Waals surface area (Å²) >= 11 is 1.42. The number of hydrogen-bond acceptors (Lipinski definition) is 5. The highest BCUT2D eigenvalue weighted by atomic mass is 32.2. The maximum Gasteiger partial charge on any atom is 0.358 e. The minimum Gasteiger partial charge on any atom is -0.476 e. The van der Waals surface area contributed by atoms with Crippen molar-refractivity contribution in [2.45, 2.75) is 10.8 Å². The van der Waals surface area contributed by atoms with Crippen LogP contribution in [0.1, 0.15) is 16.1 Å². The van der Waals surface area contributed by atoms with Crippen molar-refractivity contribution >= 4 is 23.5 Å². The highest BCUT2D eigenvalue weighted by Gasteiger charge is 2.12. The summed E-state index contributed by atoms with van der Waals surface area (Å²) in [6.07, 6.45) is 1.48. The number of thioether (sulfide) groups is 1. The predicted octanol–water partition coefficient (Wildman–Crippen LogP) is 2.05. The molecule has 0 amide bonds. The van der Waals surface area contributed by atoms with Crippen molar-refractivity contribution in [3.05, 3.63) is 47.8 Å². The summed E-state index contributed by atoms with van der Waals surface area (Å²) in [4.78, 5) is 18.6. The van der Waals surface area contributed by atoms with Crippen LogP contribution in [0.2, 0.25) is 0 Å². The average molecular weight is 261 g/mol. The summed E-state index contributed by atoms with van der Waals surface area (Å²) < 4.78 is 0. The van der Waals surface area contributed by atoms with E-state index in [4.69, 9.17) is 10.8 Å². The molecule has 1 aromatic heterocycles. The molecule has 0 saturated carbocycles. The summed E-state index contributed by atoms with van der Waals surface area (Å²) in [7, 11) is 0. The van der Waals surface area contributed by atoms with E-state index >= 15 is 0 Å². The zero-order valence-electron chi connectivity index (χ0n) is 9.41. The summed E-state index contributed by atoms with van der Waals surface area (Å²) in [6, 6.07) is 9.84. The number of aromatic carboxylic acids is 1. The number of rotatable bonds is 4. The Morgan fingerprint density at radius 1 is 1.33 bits per heavy atom. The largest absolute Gasteiger partial charge is 0.476 e. The molecule has 0 spiro atoms. The molecule has 0 fully saturated rings. The van der Waals surface area contributed by atoms with Gasteiger partial charge in [-0.3, -0.25) is 0 Å². The number of nitrogens with zero attached hydrogens (tertiary/aromatic N) is 2. The number of hydrogen-bond donors (Lipinski definition) is 2.